The zero-order chi connectivity index (χ0) is 18.8. The van der Waals surface area contributed by atoms with Gasteiger partial charge in [-0.15, -0.1) is 0 Å². The Morgan fingerprint density at radius 2 is 2.07 bits per heavy atom. The number of aromatic nitrogens is 3. The summed E-state index contributed by atoms with van der Waals surface area (Å²) in [6.07, 6.45) is 3.76. The van der Waals surface area contributed by atoms with Crippen LogP contribution in [0.2, 0.25) is 0 Å². The van der Waals surface area contributed by atoms with Gasteiger partial charge in [-0.1, -0.05) is 6.07 Å². The molecule has 0 bridgehead atoms. The second-order valence-corrected chi connectivity index (χ2v) is 6.95. The maximum atomic E-state index is 12.8. The SMILES string of the molecule is O=C(O)c1nn(Cc2ccccn2)c2c1CN(C(=O)C1CCOCC1)CC2. The largest absolute Gasteiger partial charge is 0.476 e. The molecule has 2 aliphatic rings. The lowest BCUT2D eigenvalue weighted by atomic mass is 9.96. The number of carbonyl (C=O) groups excluding carboxylic acids is 1. The van der Waals surface area contributed by atoms with Gasteiger partial charge in [0, 0.05) is 56.1 Å². The molecule has 0 unspecified atom stereocenters. The molecule has 1 saturated heterocycles. The van der Waals surface area contributed by atoms with E-state index >= 15 is 0 Å². The van der Waals surface area contributed by atoms with Gasteiger partial charge in [0.15, 0.2) is 5.69 Å². The average molecular weight is 370 g/mol. The second kappa shape index (κ2) is 7.48. The first-order valence-corrected chi connectivity index (χ1v) is 9.22. The topological polar surface area (TPSA) is 97.5 Å². The lowest BCUT2D eigenvalue weighted by molar-refractivity contribution is -0.139. The van der Waals surface area contributed by atoms with Crippen LogP contribution >= 0.6 is 0 Å². The molecule has 4 rings (SSSR count). The van der Waals surface area contributed by atoms with Crippen molar-refractivity contribution in [3.05, 3.63) is 47.0 Å². The van der Waals surface area contributed by atoms with Crippen LogP contribution in [0.3, 0.4) is 0 Å². The minimum Gasteiger partial charge on any atom is -0.476 e. The molecule has 0 spiro atoms. The Morgan fingerprint density at radius 3 is 2.78 bits per heavy atom. The number of rotatable bonds is 4. The molecule has 0 radical (unpaired) electrons. The number of carboxylic acid groups (broad SMARTS) is 1. The van der Waals surface area contributed by atoms with Gasteiger partial charge in [0.25, 0.3) is 0 Å². The van der Waals surface area contributed by atoms with E-state index in [9.17, 15) is 14.7 Å². The van der Waals surface area contributed by atoms with E-state index in [4.69, 9.17) is 4.74 Å². The number of pyridine rings is 1. The monoisotopic (exact) mass is 370 g/mol. The summed E-state index contributed by atoms with van der Waals surface area (Å²) in [5, 5.41) is 13.9. The summed E-state index contributed by atoms with van der Waals surface area (Å²) < 4.78 is 7.06. The fourth-order valence-corrected chi connectivity index (χ4v) is 3.83. The fraction of sp³-hybridized carbons (Fsp3) is 0.474. The average Bonchev–Trinajstić information content (AvgIpc) is 3.07. The van der Waals surface area contributed by atoms with Crippen molar-refractivity contribution in [2.45, 2.75) is 32.4 Å². The fourth-order valence-electron chi connectivity index (χ4n) is 3.83. The molecule has 2 aromatic rings. The summed E-state index contributed by atoms with van der Waals surface area (Å²) in [6, 6.07) is 5.62. The number of carbonyl (C=O) groups is 2. The number of amides is 1. The molecular weight excluding hydrogens is 348 g/mol. The number of nitrogens with zero attached hydrogens (tertiary/aromatic N) is 4. The first-order chi connectivity index (χ1) is 13.1. The molecule has 2 aliphatic heterocycles. The van der Waals surface area contributed by atoms with E-state index in [0.29, 0.717) is 44.8 Å². The lowest BCUT2D eigenvalue weighted by Gasteiger charge is -2.32. The number of carboxylic acids is 1. The molecule has 142 valence electrons. The van der Waals surface area contributed by atoms with Crippen molar-refractivity contribution in [3.63, 3.8) is 0 Å². The van der Waals surface area contributed by atoms with Crippen molar-refractivity contribution in [2.75, 3.05) is 19.8 Å². The van der Waals surface area contributed by atoms with Crippen molar-refractivity contribution in [3.8, 4) is 0 Å². The number of hydrogen-bond acceptors (Lipinski definition) is 5. The molecule has 27 heavy (non-hydrogen) atoms. The third-order valence-corrected chi connectivity index (χ3v) is 5.26. The second-order valence-electron chi connectivity index (χ2n) is 6.95. The highest BCUT2D eigenvalue weighted by Crippen LogP contribution is 2.26. The standard InChI is InChI=1S/C19H22N4O4/c24-18(13-5-9-27-10-6-13)22-8-4-16-15(12-22)17(19(25)26)21-23(16)11-14-3-1-2-7-20-14/h1-3,7,13H,4-6,8-12H2,(H,25,26). The first-order valence-electron chi connectivity index (χ1n) is 9.22. The van der Waals surface area contributed by atoms with E-state index in [1.165, 1.54) is 0 Å². The zero-order valence-electron chi connectivity index (χ0n) is 15.0. The number of aromatic carboxylic acids is 1. The van der Waals surface area contributed by atoms with Crippen LogP contribution in [-0.4, -0.2) is 56.4 Å². The Morgan fingerprint density at radius 1 is 1.26 bits per heavy atom. The predicted octanol–water partition coefficient (Wildman–Crippen LogP) is 1.34. The Kier molecular flexibility index (Phi) is 4.89. The molecule has 1 amide bonds. The summed E-state index contributed by atoms with van der Waals surface area (Å²) >= 11 is 0. The Bertz CT molecular complexity index is 843. The van der Waals surface area contributed by atoms with Gasteiger partial charge in [-0.2, -0.15) is 5.10 Å². The van der Waals surface area contributed by atoms with E-state index in [1.54, 1.807) is 15.8 Å². The number of fused-ring (bicyclic) bond motifs is 1. The zero-order valence-corrected chi connectivity index (χ0v) is 15.0. The van der Waals surface area contributed by atoms with Gasteiger partial charge in [-0.05, 0) is 25.0 Å². The van der Waals surface area contributed by atoms with Gasteiger partial charge < -0.3 is 14.7 Å². The maximum Gasteiger partial charge on any atom is 0.356 e. The van der Waals surface area contributed by atoms with Crippen LogP contribution in [0.5, 0.6) is 0 Å². The third kappa shape index (κ3) is 3.57. The quantitative estimate of drug-likeness (QED) is 0.872. The van der Waals surface area contributed by atoms with Crippen LogP contribution in [-0.2, 0) is 29.0 Å². The first kappa shape index (κ1) is 17.7. The summed E-state index contributed by atoms with van der Waals surface area (Å²) in [5.41, 5.74) is 2.38. The van der Waals surface area contributed by atoms with Crippen LogP contribution in [0.4, 0.5) is 0 Å². The van der Waals surface area contributed by atoms with E-state index in [-0.39, 0.29) is 17.5 Å². The number of ether oxygens (including phenoxy) is 1. The predicted molar refractivity (Wildman–Crippen MR) is 95.2 cm³/mol. The molecule has 2 aromatic heterocycles. The van der Waals surface area contributed by atoms with E-state index < -0.39 is 5.97 Å². The molecule has 1 fully saturated rings. The smallest absolute Gasteiger partial charge is 0.356 e. The molecule has 0 aliphatic carbocycles. The van der Waals surface area contributed by atoms with Gasteiger partial charge >= 0.3 is 5.97 Å². The van der Waals surface area contributed by atoms with Gasteiger partial charge in [-0.25, -0.2) is 4.79 Å². The van der Waals surface area contributed by atoms with Gasteiger partial charge in [0.05, 0.1) is 12.2 Å². The van der Waals surface area contributed by atoms with Gasteiger partial charge in [0.1, 0.15) is 0 Å². The van der Waals surface area contributed by atoms with Crippen molar-refractivity contribution in [1.29, 1.82) is 0 Å². The maximum absolute atomic E-state index is 12.8. The third-order valence-electron chi connectivity index (χ3n) is 5.26. The molecule has 8 heteroatoms. The van der Waals surface area contributed by atoms with Crippen LogP contribution in [0.1, 0.15) is 40.3 Å². The minimum absolute atomic E-state index is 0.0304. The minimum atomic E-state index is -1.06. The van der Waals surface area contributed by atoms with Crippen molar-refractivity contribution in [2.24, 2.45) is 5.92 Å². The normalized spacial score (nSPS) is 17.6. The molecular formula is C19H22N4O4. The van der Waals surface area contributed by atoms with E-state index in [1.807, 2.05) is 18.2 Å². The Hall–Kier alpha value is -2.74. The molecule has 0 atom stereocenters. The summed E-state index contributed by atoms with van der Waals surface area (Å²) in [4.78, 5) is 30.6. The number of hydrogen-bond donors (Lipinski definition) is 1. The molecule has 0 aromatic carbocycles. The molecule has 0 saturated carbocycles. The van der Waals surface area contributed by atoms with Crippen LogP contribution in [0.25, 0.3) is 0 Å². The van der Waals surface area contributed by atoms with Crippen LogP contribution in [0, 0.1) is 5.92 Å². The molecule has 4 heterocycles. The summed E-state index contributed by atoms with van der Waals surface area (Å²) in [7, 11) is 0. The van der Waals surface area contributed by atoms with Crippen molar-refractivity contribution < 1.29 is 19.4 Å². The summed E-state index contributed by atoms with van der Waals surface area (Å²) in [6.45, 7) is 2.52. The Labute approximate surface area is 156 Å². The highest BCUT2D eigenvalue weighted by atomic mass is 16.5. The van der Waals surface area contributed by atoms with Crippen LogP contribution < -0.4 is 0 Å². The van der Waals surface area contributed by atoms with Crippen LogP contribution in [0.15, 0.2) is 24.4 Å². The van der Waals surface area contributed by atoms with Gasteiger partial charge in [-0.3, -0.25) is 14.5 Å². The van der Waals surface area contributed by atoms with Crippen molar-refractivity contribution in [1.82, 2.24) is 19.7 Å². The molecule has 1 N–H and O–H groups in total. The molecule has 8 nitrogen and oxygen atoms in total. The van der Waals surface area contributed by atoms with E-state index in [0.717, 1.165) is 24.2 Å². The summed E-state index contributed by atoms with van der Waals surface area (Å²) in [5.74, 6) is -0.999. The van der Waals surface area contributed by atoms with E-state index in [2.05, 4.69) is 10.1 Å². The highest BCUT2D eigenvalue weighted by molar-refractivity contribution is 5.88. The van der Waals surface area contributed by atoms with Crippen molar-refractivity contribution >= 4 is 11.9 Å². The Balaban J connectivity index is 1.58. The highest BCUT2D eigenvalue weighted by Gasteiger charge is 2.33. The lowest BCUT2D eigenvalue weighted by Crippen LogP contribution is -2.41. The van der Waals surface area contributed by atoms with Gasteiger partial charge in [0.2, 0.25) is 5.91 Å².